The van der Waals surface area contributed by atoms with E-state index >= 15 is 0 Å². The average Bonchev–Trinajstić information content (AvgIpc) is 3.77. The van der Waals surface area contributed by atoms with Crippen molar-refractivity contribution >= 4 is 17.9 Å². The Labute approximate surface area is 460 Å². The molecule has 450 valence electrons. The van der Waals surface area contributed by atoms with Crippen LogP contribution in [0.15, 0.2) is 23.3 Å². The standard InChI is InChI=1S/C56H88O23/c1-12-24(4)47(71)78-43-44(79-46(70)23(2)3)56(22-59)26(19-51(43,5)6)25-13-14-30-53(9)17-16-31(52(7,8)29(53)15-18-54(30,10)55(25,11)41(66)42(56)67)74-50-40(77-49-36(64)34(62)32(60)27(20-57)72-49)38(37(65)39(76-50)45(68)69)75-48-35(63)33(61)28(21-58)73-48/h12-13,23,26-44,48-50,57-67H,14-22H2,1-11H3,(H,68,69)/b24-12+/t26-,27+,28-,29-,30+,31-,32-,33-,34-,35+,36+,37-,38-,39-,40+,41-,42+,43-,44-,48-,49-,50+,53-,54+,55-,56-/m0/s1. The third kappa shape index (κ3) is 9.76. The molecule has 4 saturated carbocycles. The largest absolute Gasteiger partial charge is 0.479 e. The number of ether oxygens (including phenoxy) is 8. The van der Waals surface area contributed by atoms with Gasteiger partial charge in [-0.25, -0.2) is 9.59 Å². The highest BCUT2D eigenvalue weighted by molar-refractivity contribution is 5.87. The lowest BCUT2D eigenvalue weighted by atomic mass is 9.32. The minimum atomic E-state index is -2.12. The molecule has 0 bridgehead atoms. The highest BCUT2D eigenvalue weighted by atomic mass is 16.8. The second-order valence-corrected chi connectivity index (χ2v) is 26.2. The van der Waals surface area contributed by atoms with Crippen LogP contribution in [-0.2, 0) is 52.3 Å². The Morgan fingerprint density at radius 1 is 0.696 bits per heavy atom. The molecule has 7 fully saturated rings. The van der Waals surface area contributed by atoms with Crippen LogP contribution in [0.3, 0.4) is 0 Å². The molecular formula is C56H88O23. The van der Waals surface area contributed by atoms with Gasteiger partial charge in [0.1, 0.15) is 67.1 Å². The van der Waals surface area contributed by atoms with Crippen LogP contribution < -0.4 is 0 Å². The molecule has 0 amide bonds. The maximum atomic E-state index is 13.7. The van der Waals surface area contributed by atoms with Gasteiger partial charge in [-0.1, -0.05) is 80.0 Å². The summed E-state index contributed by atoms with van der Waals surface area (Å²) in [5, 5.41) is 134. The van der Waals surface area contributed by atoms with Gasteiger partial charge in [0, 0.05) is 16.4 Å². The summed E-state index contributed by atoms with van der Waals surface area (Å²) < 4.78 is 49.0. The number of allylic oxidation sites excluding steroid dienone is 2. The summed E-state index contributed by atoms with van der Waals surface area (Å²) in [5.41, 5.74) is -4.56. The van der Waals surface area contributed by atoms with E-state index in [1.165, 1.54) is 0 Å². The van der Waals surface area contributed by atoms with E-state index in [2.05, 4.69) is 19.9 Å². The smallest absolute Gasteiger partial charge is 0.335 e. The number of aliphatic hydroxyl groups is 11. The predicted octanol–water partition coefficient (Wildman–Crippen LogP) is -0.0475. The summed E-state index contributed by atoms with van der Waals surface area (Å²) in [6, 6.07) is 0. The topological polar surface area (TPSA) is 368 Å². The molecule has 3 aliphatic heterocycles. The van der Waals surface area contributed by atoms with Crippen molar-refractivity contribution in [2.45, 2.75) is 231 Å². The molecule has 26 atom stereocenters. The maximum absolute atomic E-state index is 13.7. The Morgan fingerprint density at radius 2 is 1.28 bits per heavy atom. The fourth-order valence-corrected chi connectivity index (χ4v) is 16.2. The fourth-order valence-electron chi connectivity index (χ4n) is 16.2. The number of carbonyl (C=O) groups excluding carboxylic acids is 2. The Morgan fingerprint density at radius 3 is 1.84 bits per heavy atom. The van der Waals surface area contributed by atoms with Crippen molar-refractivity contribution in [1.82, 2.24) is 0 Å². The fraction of sp³-hybridized carbons (Fsp3) is 0.875. The van der Waals surface area contributed by atoms with Crippen LogP contribution >= 0.6 is 0 Å². The van der Waals surface area contributed by atoms with E-state index in [4.69, 9.17) is 37.9 Å². The molecule has 79 heavy (non-hydrogen) atoms. The van der Waals surface area contributed by atoms with Crippen molar-refractivity contribution in [3.63, 3.8) is 0 Å². The van der Waals surface area contributed by atoms with Gasteiger partial charge in [-0.3, -0.25) is 4.79 Å². The monoisotopic (exact) mass is 1130 g/mol. The molecule has 0 unspecified atom stereocenters. The first kappa shape index (κ1) is 62.3. The number of aliphatic hydroxyl groups excluding tert-OH is 11. The summed E-state index contributed by atoms with van der Waals surface area (Å²) in [5.74, 6) is -4.49. The summed E-state index contributed by atoms with van der Waals surface area (Å²) >= 11 is 0. The first-order valence-corrected chi connectivity index (χ1v) is 28.0. The normalized spacial score (nSPS) is 49.4. The first-order chi connectivity index (χ1) is 36.8. The Balaban J connectivity index is 1.14. The highest BCUT2D eigenvalue weighted by Crippen LogP contribution is 2.76. The first-order valence-electron chi connectivity index (χ1n) is 28.0. The SMILES string of the molecule is C/C=C(\C)C(=O)O[C@H]1[C@H](OC(=O)C(C)C)[C@]2(CO)[C@H](O)[C@H](O)[C@]3(C)C(=CC[C@@H]4[C@@]5(C)CC[C@H](O[C@@H]6O[C@H](C(=O)O)[C@@H](O)[C@H](O[C@@H]7O[C@@H](CO)[C@H](O)[C@H]7O)[C@H]6O[C@@H]6O[C@H](CO)[C@H](O)[C@H](O)[C@H]6O)C(C)(C)[C@@H]5CC[C@]43C)[C@@H]2CC1(C)C. The molecule has 8 rings (SSSR count). The van der Waals surface area contributed by atoms with Crippen LogP contribution in [0.4, 0.5) is 0 Å². The van der Waals surface area contributed by atoms with Crippen molar-refractivity contribution in [1.29, 1.82) is 0 Å². The lowest BCUT2D eigenvalue weighted by molar-refractivity contribution is -0.386. The van der Waals surface area contributed by atoms with Gasteiger partial charge in [-0.15, -0.1) is 0 Å². The molecule has 0 radical (unpaired) electrons. The second-order valence-electron chi connectivity index (χ2n) is 26.2. The van der Waals surface area contributed by atoms with Gasteiger partial charge < -0.3 is 99.2 Å². The van der Waals surface area contributed by atoms with E-state index in [0.29, 0.717) is 44.1 Å². The molecule has 3 heterocycles. The number of hydrogen-bond acceptors (Lipinski definition) is 22. The zero-order valence-corrected chi connectivity index (χ0v) is 47.2. The molecular weight excluding hydrogens is 1040 g/mol. The second kappa shape index (κ2) is 22.3. The van der Waals surface area contributed by atoms with Gasteiger partial charge >= 0.3 is 17.9 Å². The molecule has 0 spiro atoms. The zero-order valence-electron chi connectivity index (χ0n) is 47.2. The third-order valence-electron chi connectivity index (χ3n) is 21.1. The number of carbonyl (C=O) groups is 3. The summed E-state index contributed by atoms with van der Waals surface area (Å²) in [4.78, 5) is 40.1. The Bertz CT molecular complexity index is 2310. The van der Waals surface area contributed by atoms with E-state index in [1.54, 1.807) is 33.8 Å². The van der Waals surface area contributed by atoms with Crippen molar-refractivity contribution in [3.05, 3.63) is 23.3 Å². The summed E-state index contributed by atoms with van der Waals surface area (Å²) in [7, 11) is 0. The van der Waals surface area contributed by atoms with Crippen LogP contribution in [0.5, 0.6) is 0 Å². The number of esters is 2. The van der Waals surface area contributed by atoms with Gasteiger partial charge in [0.2, 0.25) is 0 Å². The Kier molecular flexibility index (Phi) is 17.6. The number of rotatable bonds is 14. The van der Waals surface area contributed by atoms with E-state index in [1.807, 2.05) is 34.6 Å². The zero-order chi connectivity index (χ0) is 58.6. The van der Waals surface area contributed by atoms with E-state index in [-0.39, 0.29) is 11.8 Å². The van der Waals surface area contributed by atoms with Gasteiger partial charge in [0.25, 0.3) is 0 Å². The van der Waals surface area contributed by atoms with Crippen molar-refractivity contribution in [3.8, 4) is 0 Å². The van der Waals surface area contributed by atoms with Crippen LogP contribution in [0.1, 0.15) is 115 Å². The number of aliphatic carboxylic acids is 1. The van der Waals surface area contributed by atoms with Crippen LogP contribution in [-0.4, -0.2) is 216 Å². The van der Waals surface area contributed by atoms with Gasteiger partial charge in [0.05, 0.1) is 49.5 Å². The van der Waals surface area contributed by atoms with Crippen molar-refractivity contribution in [2.75, 3.05) is 19.8 Å². The van der Waals surface area contributed by atoms with Crippen LogP contribution in [0, 0.1) is 56.2 Å². The van der Waals surface area contributed by atoms with Gasteiger partial charge in [-0.2, -0.15) is 0 Å². The number of fused-ring (bicyclic) bond motifs is 7. The molecule has 3 saturated heterocycles. The number of hydrogen-bond donors (Lipinski definition) is 12. The van der Waals surface area contributed by atoms with Crippen LogP contribution in [0.25, 0.3) is 0 Å². The summed E-state index contributed by atoms with van der Waals surface area (Å²) in [6.45, 7) is 18.5. The summed E-state index contributed by atoms with van der Waals surface area (Å²) in [6.07, 6.45) is -25.3. The minimum Gasteiger partial charge on any atom is -0.479 e. The number of carboxylic acid groups (broad SMARTS) is 1. The molecule has 23 nitrogen and oxygen atoms in total. The molecule has 8 aliphatic rings. The molecule has 0 aromatic carbocycles. The van der Waals surface area contributed by atoms with Crippen molar-refractivity contribution in [2.24, 2.45) is 56.2 Å². The average molecular weight is 1130 g/mol. The lowest BCUT2D eigenvalue weighted by Gasteiger charge is -2.73. The predicted molar refractivity (Wildman–Crippen MR) is 272 cm³/mol. The molecule has 0 aromatic rings. The quantitative estimate of drug-likeness (QED) is 0.0470. The number of carboxylic acids is 1. The minimum absolute atomic E-state index is 0.145. The van der Waals surface area contributed by atoms with Gasteiger partial charge in [-0.05, 0) is 86.4 Å². The molecule has 5 aliphatic carbocycles. The molecule has 12 N–H and O–H groups in total. The Hall–Kier alpha value is -2.79. The van der Waals surface area contributed by atoms with E-state index in [9.17, 15) is 75.7 Å². The van der Waals surface area contributed by atoms with E-state index < -0.39 is 199 Å². The molecule has 23 heteroatoms. The van der Waals surface area contributed by atoms with Crippen LogP contribution in [0.2, 0.25) is 0 Å². The van der Waals surface area contributed by atoms with E-state index in [0.717, 1.165) is 5.57 Å². The maximum Gasteiger partial charge on any atom is 0.335 e. The highest BCUT2D eigenvalue weighted by Gasteiger charge is 2.76. The lowest BCUT2D eigenvalue weighted by Crippen LogP contribution is -2.76. The van der Waals surface area contributed by atoms with Crippen molar-refractivity contribution < 1.29 is 114 Å². The third-order valence-corrected chi connectivity index (χ3v) is 21.1. The molecule has 0 aromatic heterocycles. The van der Waals surface area contributed by atoms with Gasteiger partial charge in [0.15, 0.2) is 31.1 Å².